The van der Waals surface area contributed by atoms with Crippen LogP contribution in [-0.4, -0.2) is 19.0 Å². The quantitative estimate of drug-likeness (QED) is 0.851. The van der Waals surface area contributed by atoms with Crippen LogP contribution in [0.4, 0.5) is 5.69 Å². The molecule has 0 bridgehead atoms. The number of carbonyl (C=O) groups excluding carboxylic acids is 1. The minimum atomic E-state index is -0.0273. The Morgan fingerprint density at radius 2 is 1.71 bits per heavy atom. The zero-order chi connectivity index (χ0) is 15.1. The molecule has 1 unspecified atom stereocenters. The molecule has 1 atom stereocenters. The summed E-state index contributed by atoms with van der Waals surface area (Å²) in [4.78, 5) is 12.3. The number of aryl methyl sites for hydroxylation is 1. The number of anilines is 1. The first-order valence-corrected chi connectivity index (χ1v) is 7.32. The van der Waals surface area contributed by atoms with E-state index >= 15 is 0 Å². The number of hydrogen-bond donors (Lipinski definition) is 2. The molecule has 1 amide bonds. The van der Waals surface area contributed by atoms with Crippen LogP contribution in [0.15, 0.2) is 54.6 Å². The fourth-order valence-corrected chi connectivity index (χ4v) is 2.30. The number of rotatable bonds is 6. The normalized spacial score (nSPS) is 11.7. The Morgan fingerprint density at radius 1 is 1.05 bits per heavy atom. The van der Waals surface area contributed by atoms with E-state index in [1.54, 1.807) is 0 Å². The molecule has 0 spiro atoms. The van der Waals surface area contributed by atoms with Crippen LogP contribution in [0.25, 0.3) is 0 Å². The van der Waals surface area contributed by atoms with Gasteiger partial charge in [-0.15, -0.1) is 0 Å². The van der Waals surface area contributed by atoms with Gasteiger partial charge in [-0.05, 0) is 37.5 Å². The molecule has 0 fully saturated rings. The van der Waals surface area contributed by atoms with Crippen molar-refractivity contribution in [2.45, 2.75) is 25.8 Å². The van der Waals surface area contributed by atoms with Crippen molar-refractivity contribution in [3.63, 3.8) is 0 Å². The Hall–Kier alpha value is -2.29. The molecule has 2 aromatic rings. The maximum absolute atomic E-state index is 12.3. The summed E-state index contributed by atoms with van der Waals surface area (Å²) < 4.78 is 0. The summed E-state index contributed by atoms with van der Waals surface area (Å²) in [6.07, 6.45) is 1.90. The van der Waals surface area contributed by atoms with Crippen LogP contribution in [-0.2, 0) is 6.42 Å². The zero-order valence-corrected chi connectivity index (χ0v) is 12.6. The van der Waals surface area contributed by atoms with Crippen molar-refractivity contribution in [2.75, 3.05) is 12.4 Å². The van der Waals surface area contributed by atoms with E-state index in [0.717, 1.165) is 18.5 Å². The number of para-hydroxylation sites is 1. The van der Waals surface area contributed by atoms with Gasteiger partial charge in [-0.1, -0.05) is 42.5 Å². The Bertz CT molecular complexity index is 581. The Balaban J connectivity index is 1.90. The molecule has 2 N–H and O–H groups in total. The minimum Gasteiger partial charge on any atom is -0.387 e. The number of hydrogen-bond acceptors (Lipinski definition) is 2. The number of nitrogens with one attached hydrogen (secondary N) is 2. The van der Waals surface area contributed by atoms with Crippen LogP contribution >= 0.6 is 0 Å². The Morgan fingerprint density at radius 3 is 2.43 bits per heavy atom. The average molecular weight is 282 g/mol. The zero-order valence-electron chi connectivity index (χ0n) is 12.6. The first-order valence-electron chi connectivity index (χ1n) is 7.32. The van der Waals surface area contributed by atoms with E-state index in [2.05, 4.69) is 22.8 Å². The SMILES string of the molecule is CNc1ccccc1C(=O)NC(C)CCc1ccccc1. The molecule has 0 aromatic heterocycles. The number of amides is 1. The van der Waals surface area contributed by atoms with Crippen LogP contribution in [0, 0.1) is 0 Å². The van der Waals surface area contributed by atoms with Gasteiger partial charge in [-0.2, -0.15) is 0 Å². The summed E-state index contributed by atoms with van der Waals surface area (Å²) in [5.74, 6) is -0.0273. The fraction of sp³-hybridized carbons (Fsp3) is 0.278. The smallest absolute Gasteiger partial charge is 0.253 e. The van der Waals surface area contributed by atoms with E-state index in [1.807, 2.05) is 56.4 Å². The molecule has 0 saturated carbocycles. The molecular weight excluding hydrogens is 260 g/mol. The summed E-state index contributed by atoms with van der Waals surface area (Å²) in [6.45, 7) is 2.04. The molecule has 0 radical (unpaired) electrons. The standard InChI is InChI=1S/C18H22N2O/c1-14(12-13-15-8-4-3-5-9-15)20-18(21)16-10-6-7-11-17(16)19-2/h3-11,14,19H,12-13H2,1-2H3,(H,20,21). The van der Waals surface area contributed by atoms with E-state index < -0.39 is 0 Å². The van der Waals surface area contributed by atoms with Crippen molar-refractivity contribution in [1.29, 1.82) is 0 Å². The highest BCUT2D eigenvalue weighted by atomic mass is 16.1. The van der Waals surface area contributed by atoms with Crippen LogP contribution in [0.3, 0.4) is 0 Å². The van der Waals surface area contributed by atoms with E-state index in [0.29, 0.717) is 5.56 Å². The third-order valence-electron chi connectivity index (χ3n) is 3.53. The van der Waals surface area contributed by atoms with Gasteiger partial charge in [0, 0.05) is 18.8 Å². The molecule has 3 nitrogen and oxygen atoms in total. The van der Waals surface area contributed by atoms with Gasteiger partial charge in [0.1, 0.15) is 0 Å². The first-order chi connectivity index (χ1) is 10.2. The summed E-state index contributed by atoms with van der Waals surface area (Å²) >= 11 is 0. The molecular formula is C18H22N2O. The number of carbonyl (C=O) groups is 1. The topological polar surface area (TPSA) is 41.1 Å². The highest BCUT2D eigenvalue weighted by molar-refractivity contribution is 5.99. The fourth-order valence-electron chi connectivity index (χ4n) is 2.30. The van der Waals surface area contributed by atoms with E-state index in [1.165, 1.54) is 5.56 Å². The van der Waals surface area contributed by atoms with Crippen LogP contribution in [0.2, 0.25) is 0 Å². The highest BCUT2D eigenvalue weighted by Crippen LogP contribution is 2.14. The molecule has 110 valence electrons. The molecule has 0 saturated heterocycles. The van der Waals surface area contributed by atoms with Crippen molar-refractivity contribution in [1.82, 2.24) is 5.32 Å². The van der Waals surface area contributed by atoms with E-state index in [-0.39, 0.29) is 11.9 Å². The largest absolute Gasteiger partial charge is 0.387 e. The lowest BCUT2D eigenvalue weighted by Gasteiger charge is -2.15. The molecule has 2 rings (SSSR count). The summed E-state index contributed by atoms with van der Waals surface area (Å²) in [5, 5.41) is 6.11. The van der Waals surface area contributed by atoms with Gasteiger partial charge in [-0.3, -0.25) is 4.79 Å². The van der Waals surface area contributed by atoms with Crippen LogP contribution in [0.1, 0.15) is 29.3 Å². The lowest BCUT2D eigenvalue weighted by molar-refractivity contribution is 0.0939. The Labute approximate surface area is 126 Å². The van der Waals surface area contributed by atoms with Crippen molar-refractivity contribution < 1.29 is 4.79 Å². The van der Waals surface area contributed by atoms with Gasteiger partial charge in [0.05, 0.1) is 5.56 Å². The summed E-state index contributed by atoms with van der Waals surface area (Å²) in [6, 6.07) is 18.0. The molecule has 0 aliphatic heterocycles. The lowest BCUT2D eigenvalue weighted by Crippen LogP contribution is -2.33. The maximum Gasteiger partial charge on any atom is 0.253 e. The van der Waals surface area contributed by atoms with Gasteiger partial charge in [-0.25, -0.2) is 0 Å². The molecule has 0 aliphatic rings. The second-order valence-corrected chi connectivity index (χ2v) is 5.19. The molecule has 0 heterocycles. The van der Waals surface area contributed by atoms with Gasteiger partial charge in [0.2, 0.25) is 0 Å². The summed E-state index contributed by atoms with van der Waals surface area (Å²) in [7, 11) is 1.82. The minimum absolute atomic E-state index is 0.0273. The van der Waals surface area contributed by atoms with Crippen LogP contribution in [0.5, 0.6) is 0 Å². The maximum atomic E-state index is 12.3. The van der Waals surface area contributed by atoms with E-state index in [9.17, 15) is 4.79 Å². The van der Waals surface area contributed by atoms with Crippen molar-refractivity contribution in [3.8, 4) is 0 Å². The van der Waals surface area contributed by atoms with Crippen LogP contribution < -0.4 is 10.6 Å². The highest BCUT2D eigenvalue weighted by Gasteiger charge is 2.12. The first kappa shape index (κ1) is 15.1. The molecule has 2 aromatic carbocycles. The average Bonchev–Trinajstić information content (AvgIpc) is 2.53. The molecule has 0 aliphatic carbocycles. The van der Waals surface area contributed by atoms with E-state index in [4.69, 9.17) is 0 Å². The second-order valence-electron chi connectivity index (χ2n) is 5.19. The van der Waals surface area contributed by atoms with Gasteiger partial charge >= 0.3 is 0 Å². The van der Waals surface area contributed by atoms with Gasteiger partial charge < -0.3 is 10.6 Å². The lowest BCUT2D eigenvalue weighted by atomic mass is 10.1. The Kier molecular flexibility index (Phi) is 5.38. The molecule has 21 heavy (non-hydrogen) atoms. The van der Waals surface area contributed by atoms with Crippen molar-refractivity contribution >= 4 is 11.6 Å². The molecule has 3 heteroatoms. The van der Waals surface area contributed by atoms with Crippen molar-refractivity contribution in [2.24, 2.45) is 0 Å². The van der Waals surface area contributed by atoms with Crippen molar-refractivity contribution in [3.05, 3.63) is 65.7 Å². The van der Waals surface area contributed by atoms with Gasteiger partial charge in [0.25, 0.3) is 5.91 Å². The third-order valence-corrected chi connectivity index (χ3v) is 3.53. The monoisotopic (exact) mass is 282 g/mol. The predicted molar refractivity (Wildman–Crippen MR) is 87.7 cm³/mol. The summed E-state index contributed by atoms with van der Waals surface area (Å²) in [5.41, 5.74) is 2.84. The third kappa shape index (κ3) is 4.35. The second kappa shape index (κ2) is 7.48. The predicted octanol–water partition coefficient (Wildman–Crippen LogP) is 3.48. The van der Waals surface area contributed by atoms with Gasteiger partial charge in [0.15, 0.2) is 0 Å². The number of benzene rings is 2.